The van der Waals surface area contributed by atoms with Crippen LogP contribution in [0.25, 0.3) is 5.76 Å². The van der Waals surface area contributed by atoms with Crippen molar-refractivity contribution in [3.63, 3.8) is 0 Å². The molecule has 0 aliphatic carbocycles. The summed E-state index contributed by atoms with van der Waals surface area (Å²) in [7, 11) is 1.55. The Hall–Kier alpha value is -2.64. The zero-order valence-electron chi connectivity index (χ0n) is 17.5. The van der Waals surface area contributed by atoms with Gasteiger partial charge in [0.2, 0.25) is 0 Å². The Morgan fingerprint density at radius 3 is 2.67 bits per heavy atom. The molecule has 1 aliphatic rings. The van der Waals surface area contributed by atoms with E-state index in [0.29, 0.717) is 18.8 Å². The van der Waals surface area contributed by atoms with Gasteiger partial charge in [-0.2, -0.15) is 0 Å². The van der Waals surface area contributed by atoms with Crippen molar-refractivity contribution in [2.24, 2.45) is 0 Å². The van der Waals surface area contributed by atoms with Gasteiger partial charge < -0.3 is 19.5 Å². The van der Waals surface area contributed by atoms with Gasteiger partial charge in [0.25, 0.3) is 11.7 Å². The first-order chi connectivity index (χ1) is 14.5. The van der Waals surface area contributed by atoms with Crippen LogP contribution >= 0.6 is 11.3 Å². The molecule has 1 amide bonds. The second-order valence-electron chi connectivity index (χ2n) is 7.18. The number of hydrogen-bond donors (Lipinski definition) is 1. The summed E-state index contributed by atoms with van der Waals surface area (Å²) in [6.07, 6.45) is 2.01. The van der Waals surface area contributed by atoms with Gasteiger partial charge in [-0.15, -0.1) is 11.3 Å². The van der Waals surface area contributed by atoms with E-state index >= 15 is 0 Å². The number of likely N-dealkylation sites (tertiary alicyclic amines) is 1. The van der Waals surface area contributed by atoms with Gasteiger partial charge in [-0.05, 0) is 48.6 Å². The number of hydrogen-bond acceptors (Lipinski definition) is 6. The lowest BCUT2D eigenvalue weighted by Gasteiger charge is -2.23. The molecule has 1 saturated heterocycles. The van der Waals surface area contributed by atoms with Crippen LogP contribution in [0.15, 0.2) is 41.3 Å². The number of carbonyl (C=O) groups excluding carboxylic acids is 2. The van der Waals surface area contributed by atoms with E-state index in [0.717, 1.165) is 29.0 Å². The van der Waals surface area contributed by atoms with Crippen LogP contribution in [0.2, 0.25) is 0 Å². The van der Waals surface area contributed by atoms with Crippen molar-refractivity contribution < 1.29 is 24.2 Å². The predicted octanol–water partition coefficient (Wildman–Crippen LogP) is 4.30. The third-order valence-electron chi connectivity index (χ3n) is 5.09. The predicted molar refractivity (Wildman–Crippen MR) is 117 cm³/mol. The number of aryl methyl sites for hydroxylation is 1. The van der Waals surface area contributed by atoms with Gasteiger partial charge in [0, 0.05) is 24.1 Å². The number of benzene rings is 1. The number of unbranched alkanes of at least 4 members (excludes halogenated alkanes) is 1. The molecular formula is C23H27NO5S. The molecule has 3 rings (SSSR count). The van der Waals surface area contributed by atoms with Crippen LogP contribution in [0.5, 0.6) is 5.75 Å². The van der Waals surface area contributed by atoms with Crippen molar-refractivity contribution >= 4 is 28.8 Å². The highest BCUT2D eigenvalue weighted by Crippen LogP contribution is 2.41. The van der Waals surface area contributed by atoms with E-state index in [1.165, 1.54) is 16.2 Å². The second kappa shape index (κ2) is 9.91. The zero-order chi connectivity index (χ0) is 21.7. The largest absolute Gasteiger partial charge is 0.507 e. The summed E-state index contributed by atoms with van der Waals surface area (Å²) in [5.74, 6) is -0.726. The Morgan fingerprint density at radius 2 is 2.03 bits per heavy atom. The van der Waals surface area contributed by atoms with Gasteiger partial charge in [-0.25, -0.2) is 0 Å². The van der Waals surface area contributed by atoms with Crippen molar-refractivity contribution in [2.75, 3.05) is 26.9 Å². The fraction of sp³-hybridized carbons (Fsp3) is 0.391. The molecule has 1 fully saturated rings. The minimum absolute atomic E-state index is 0.109. The summed E-state index contributed by atoms with van der Waals surface area (Å²) < 4.78 is 10.9. The van der Waals surface area contributed by atoms with Crippen LogP contribution in [0.4, 0.5) is 0 Å². The van der Waals surface area contributed by atoms with Crippen LogP contribution in [0, 0.1) is 6.92 Å². The van der Waals surface area contributed by atoms with Gasteiger partial charge in [-0.3, -0.25) is 9.59 Å². The van der Waals surface area contributed by atoms with Crippen LogP contribution in [0.1, 0.15) is 41.8 Å². The number of nitrogens with zero attached hydrogens (tertiary/aromatic N) is 1. The summed E-state index contributed by atoms with van der Waals surface area (Å²) in [4.78, 5) is 27.8. The maximum Gasteiger partial charge on any atom is 0.295 e. The van der Waals surface area contributed by atoms with E-state index in [9.17, 15) is 14.7 Å². The maximum absolute atomic E-state index is 12.9. The van der Waals surface area contributed by atoms with E-state index in [4.69, 9.17) is 9.47 Å². The Morgan fingerprint density at radius 1 is 1.23 bits per heavy atom. The molecule has 6 nitrogen and oxygen atoms in total. The number of Topliss-reactive ketones (excluding diaryl/α,β-unsaturated/α-hetero) is 1. The zero-order valence-corrected chi connectivity index (χ0v) is 18.3. The first kappa shape index (κ1) is 22.1. The number of aliphatic hydroxyl groups excluding tert-OH is 1. The van der Waals surface area contributed by atoms with Crippen molar-refractivity contribution in [1.82, 2.24) is 4.90 Å². The molecule has 1 aromatic carbocycles. The molecule has 2 aromatic rings. The van der Waals surface area contributed by atoms with E-state index in [1.54, 1.807) is 25.3 Å². The fourth-order valence-corrected chi connectivity index (χ4v) is 4.33. The number of thiophene rings is 1. The first-order valence-electron chi connectivity index (χ1n) is 10.0. The summed E-state index contributed by atoms with van der Waals surface area (Å²) in [6.45, 7) is 5.20. The molecule has 1 N–H and O–H groups in total. The average molecular weight is 430 g/mol. The highest BCUT2D eigenvalue weighted by molar-refractivity contribution is 7.10. The van der Waals surface area contributed by atoms with Gasteiger partial charge in [0.15, 0.2) is 0 Å². The number of aliphatic hydroxyl groups is 1. The summed E-state index contributed by atoms with van der Waals surface area (Å²) in [5, 5.41) is 13.0. The Bertz CT molecular complexity index is 935. The highest BCUT2D eigenvalue weighted by Gasteiger charge is 2.46. The molecule has 1 atom stereocenters. The minimum Gasteiger partial charge on any atom is -0.507 e. The Kier molecular flexibility index (Phi) is 7.29. The standard InChI is InChI=1S/C23H27NO5S/c1-4-5-11-29-17-9-8-16(14-15(17)2)21(25)19-20(18-7-6-13-30-18)24(10-12-28-3)23(27)22(19)26/h6-9,13-14,20,25H,4-5,10-12H2,1-3H3/t20-/m0/s1. The lowest BCUT2D eigenvalue weighted by Crippen LogP contribution is -2.32. The van der Waals surface area contributed by atoms with Gasteiger partial charge in [-0.1, -0.05) is 19.4 Å². The molecule has 0 unspecified atom stereocenters. The molecule has 160 valence electrons. The molecule has 0 bridgehead atoms. The number of ether oxygens (including phenoxy) is 2. The fourth-order valence-electron chi connectivity index (χ4n) is 3.48. The van der Waals surface area contributed by atoms with Gasteiger partial charge >= 0.3 is 0 Å². The molecule has 0 spiro atoms. The van der Waals surface area contributed by atoms with Gasteiger partial charge in [0.05, 0.1) is 24.8 Å². The number of amides is 1. The smallest absolute Gasteiger partial charge is 0.295 e. The van der Waals surface area contributed by atoms with E-state index in [2.05, 4.69) is 6.92 Å². The number of rotatable bonds is 9. The van der Waals surface area contributed by atoms with Gasteiger partial charge in [0.1, 0.15) is 11.5 Å². The van der Waals surface area contributed by atoms with Crippen LogP contribution in [0.3, 0.4) is 0 Å². The molecule has 1 aliphatic heterocycles. The Balaban J connectivity index is 2.00. The minimum atomic E-state index is -0.678. The highest BCUT2D eigenvalue weighted by atomic mass is 32.1. The monoisotopic (exact) mass is 429 g/mol. The van der Waals surface area contributed by atoms with Crippen molar-refractivity contribution in [3.8, 4) is 5.75 Å². The first-order valence-corrected chi connectivity index (χ1v) is 10.9. The third kappa shape index (κ3) is 4.42. The lowest BCUT2D eigenvalue weighted by molar-refractivity contribution is -0.140. The molecule has 7 heteroatoms. The Labute approximate surface area is 180 Å². The molecular weight excluding hydrogens is 402 g/mol. The molecule has 0 saturated carbocycles. The third-order valence-corrected chi connectivity index (χ3v) is 6.02. The average Bonchev–Trinajstić information content (AvgIpc) is 3.35. The molecule has 30 heavy (non-hydrogen) atoms. The van der Waals surface area contributed by atoms with Crippen LogP contribution in [-0.4, -0.2) is 48.6 Å². The summed E-state index contributed by atoms with van der Waals surface area (Å²) in [5.41, 5.74) is 1.45. The number of methoxy groups -OCH3 is 1. The van der Waals surface area contributed by atoms with Crippen LogP contribution < -0.4 is 4.74 Å². The number of carbonyl (C=O) groups is 2. The lowest BCUT2D eigenvalue weighted by atomic mass is 9.99. The van der Waals surface area contributed by atoms with Crippen molar-refractivity contribution in [1.29, 1.82) is 0 Å². The van der Waals surface area contributed by atoms with E-state index < -0.39 is 17.7 Å². The second-order valence-corrected chi connectivity index (χ2v) is 8.16. The number of ketones is 1. The van der Waals surface area contributed by atoms with E-state index in [-0.39, 0.29) is 17.9 Å². The summed E-state index contributed by atoms with van der Waals surface area (Å²) in [6, 6.07) is 8.40. The topological polar surface area (TPSA) is 76.1 Å². The SMILES string of the molecule is CCCCOc1ccc(C(O)=C2C(=O)C(=O)N(CCOC)[C@H]2c2cccs2)cc1C. The van der Waals surface area contributed by atoms with E-state index in [1.807, 2.05) is 24.4 Å². The molecule has 2 heterocycles. The quantitative estimate of drug-likeness (QED) is 0.278. The summed E-state index contributed by atoms with van der Waals surface area (Å²) >= 11 is 1.44. The van der Waals surface area contributed by atoms with Crippen molar-refractivity contribution in [2.45, 2.75) is 32.7 Å². The van der Waals surface area contributed by atoms with Crippen LogP contribution in [-0.2, 0) is 14.3 Å². The normalized spacial score (nSPS) is 18.2. The molecule has 1 aromatic heterocycles. The maximum atomic E-state index is 12.9. The van der Waals surface area contributed by atoms with Crippen molar-refractivity contribution in [3.05, 3.63) is 57.3 Å². The molecule has 0 radical (unpaired) electrons.